The Hall–Kier alpha value is -1.66. The van der Waals surface area contributed by atoms with Gasteiger partial charge in [-0.25, -0.2) is 14.8 Å². The van der Waals surface area contributed by atoms with Crippen LogP contribution in [0, 0.1) is 0 Å². The predicted molar refractivity (Wildman–Crippen MR) is 43.0 cm³/mol. The van der Waals surface area contributed by atoms with E-state index in [4.69, 9.17) is 0 Å². The molecule has 0 aliphatic heterocycles. The van der Waals surface area contributed by atoms with Crippen LogP contribution >= 0.6 is 0 Å². The van der Waals surface area contributed by atoms with Crippen LogP contribution < -0.4 is 0 Å². The van der Waals surface area contributed by atoms with Gasteiger partial charge in [-0.15, -0.1) is 0 Å². The minimum atomic E-state index is -4.59. The Morgan fingerprint density at radius 2 is 2.13 bits per heavy atom. The molecule has 0 radical (unpaired) electrons. The van der Waals surface area contributed by atoms with Crippen LogP contribution in [0.4, 0.5) is 13.2 Å². The second-order valence-electron chi connectivity index (χ2n) is 2.51. The van der Waals surface area contributed by atoms with Crippen molar-refractivity contribution in [3.05, 3.63) is 23.8 Å². The number of carbonyl (C=O) groups is 1. The van der Waals surface area contributed by atoms with Crippen molar-refractivity contribution >= 4 is 5.97 Å². The zero-order valence-electron chi connectivity index (χ0n) is 7.71. The normalized spacial score (nSPS) is 11.2. The molecular formula is C8H7F3N2O2. The summed E-state index contributed by atoms with van der Waals surface area (Å²) in [7, 11) is 0. The van der Waals surface area contributed by atoms with Gasteiger partial charge in [-0.2, -0.15) is 13.2 Å². The molecule has 4 nitrogen and oxygen atoms in total. The van der Waals surface area contributed by atoms with Gasteiger partial charge in [0.2, 0.25) is 0 Å². The smallest absolute Gasteiger partial charge is 0.433 e. The Morgan fingerprint density at radius 1 is 1.47 bits per heavy atom. The predicted octanol–water partition coefficient (Wildman–Crippen LogP) is 1.67. The number of halogens is 3. The van der Waals surface area contributed by atoms with Crippen molar-refractivity contribution in [2.24, 2.45) is 0 Å². The summed E-state index contributed by atoms with van der Waals surface area (Å²) < 4.78 is 41.0. The maximum atomic E-state index is 12.2. The van der Waals surface area contributed by atoms with Gasteiger partial charge in [0.25, 0.3) is 0 Å². The molecular weight excluding hydrogens is 213 g/mol. The molecule has 0 amide bonds. The quantitative estimate of drug-likeness (QED) is 0.711. The number of alkyl halides is 3. The van der Waals surface area contributed by atoms with Crippen molar-refractivity contribution < 1.29 is 22.7 Å². The molecule has 1 aromatic heterocycles. The molecule has 0 saturated heterocycles. The highest BCUT2D eigenvalue weighted by molar-refractivity contribution is 5.87. The maximum Gasteiger partial charge on any atom is 0.433 e. The third kappa shape index (κ3) is 2.90. The zero-order chi connectivity index (χ0) is 11.5. The number of carbonyl (C=O) groups excluding carboxylic acids is 1. The van der Waals surface area contributed by atoms with Crippen LogP contribution in [0.25, 0.3) is 0 Å². The maximum absolute atomic E-state index is 12.2. The summed E-state index contributed by atoms with van der Waals surface area (Å²) in [5.41, 5.74) is -1.57. The molecule has 0 aliphatic rings. The fraction of sp³-hybridized carbons (Fsp3) is 0.375. The molecule has 0 N–H and O–H groups in total. The zero-order valence-corrected chi connectivity index (χ0v) is 7.71. The average Bonchev–Trinajstić information content (AvgIpc) is 2.17. The molecule has 0 saturated carbocycles. The Balaban J connectivity index is 2.98. The average molecular weight is 220 g/mol. The minimum absolute atomic E-state index is 0.0736. The summed E-state index contributed by atoms with van der Waals surface area (Å²) in [4.78, 5) is 17.4. The molecule has 0 aliphatic carbocycles. The molecule has 1 aromatic rings. The van der Waals surface area contributed by atoms with Crippen LogP contribution in [0.15, 0.2) is 12.4 Å². The van der Waals surface area contributed by atoms with E-state index in [1.807, 2.05) is 0 Å². The SMILES string of the molecule is CCOC(=O)c1cc(C(F)(F)F)ncn1. The second-order valence-corrected chi connectivity index (χ2v) is 2.51. The first kappa shape index (κ1) is 11.4. The molecule has 0 atom stereocenters. The highest BCUT2D eigenvalue weighted by Crippen LogP contribution is 2.27. The fourth-order valence-electron chi connectivity index (χ4n) is 0.829. The molecule has 0 unspecified atom stereocenters. The lowest BCUT2D eigenvalue weighted by molar-refractivity contribution is -0.141. The van der Waals surface area contributed by atoms with E-state index in [1.54, 1.807) is 6.92 Å². The van der Waals surface area contributed by atoms with E-state index in [0.29, 0.717) is 12.4 Å². The number of hydrogen-bond donors (Lipinski definition) is 0. The number of ether oxygens (including phenoxy) is 1. The molecule has 0 aromatic carbocycles. The van der Waals surface area contributed by atoms with E-state index in [2.05, 4.69) is 14.7 Å². The van der Waals surface area contributed by atoms with E-state index in [9.17, 15) is 18.0 Å². The van der Waals surface area contributed by atoms with E-state index in [0.717, 1.165) is 0 Å². The molecule has 1 heterocycles. The van der Waals surface area contributed by atoms with Crippen LogP contribution in [0.5, 0.6) is 0 Å². The largest absolute Gasteiger partial charge is 0.461 e. The lowest BCUT2D eigenvalue weighted by Gasteiger charge is -2.06. The first-order valence-corrected chi connectivity index (χ1v) is 4.01. The van der Waals surface area contributed by atoms with Crippen LogP contribution in [0.1, 0.15) is 23.1 Å². The van der Waals surface area contributed by atoms with Crippen LogP contribution in [-0.2, 0) is 10.9 Å². The Morgan fingerprint density at radius 3 is 2.67 bits per heavy atom. The lowest BCUT2D eigenvalue weighted by atomic mass is 10.3. The molecule has 15 heavy (non-hydrogen) atoms. The number of aromatic nitrogens is 2. The summed E-state index contributed by atoms with van der Waals surface area (Å²) in [5.74, 6) is -0.898. The van der Waals surface area contributed by atoms with Crippen molar-refractivity contribution in [3.8, 4) is 0 Å². The van der Waals surface area contributed by atoms with Gasteiger partial charge in [0.05, 0.1) is 6.61 Å². The molecule has 0 spiro atoms. The first-order valence-electron chi connectivity index (χ1n) is 4.01. The summed E-state index contributed by atoms with van der Waals surface area (Å²) in [6, 6.07) is 0.554. The Bertz CT molecular complexity index is 365. The summed E-state index contributed by atoms with van der Waals surface area (Å²) in [6.45, 7) is 1.62. The van der Waals surface area contributed by atoms with Gasteiger partial charge in [0, 0.05) is 6.07 Å². The molecule has 1 rings (SSSR count). The van der Waals surface area contributed by atoms with Crippen molar-refractivity contribution in [1.82, 2.24) is 9.97 Å². The Kier molecular flexibility index (Phi) is 3.23. The van der Waals surface area contributed by atoms with E-state index in [1.165, 1.54) is 0 Å². The summed E-state index contributed by atoms with van der Waals surface area (Å²) in [5, 5.41) is 0. The van der Waals surface area contributed by atoms with E-state index < -0.39 is 23.5 Å². The highest BCUT2D eigenvalue weighted by atomic mass is 19.4. The van der Waals surface area contributed by atoms with Crippen molar-refractivity contribution in [3.63, 3.8) is 0 Å². The molecule has 0 fully saturated rings. The Labute approximate surface area is 83.1 Å². The molecule has 7 heteroatoms. The standard InChI is InChI=1S/C8H7F3N2O2/c1-2-15-7(14)5-3-6(8(9,10)11)13-4-12-5/h3-4H,2H2,1H3. The number of hydrogen-bond acceptors (Lipinski definition) is 4. The highest BCUT2D eigenvalue weighted by Gasteiger charge is 2.33. The van der Waals surface area contributed by atoms with Gasteiger partial charge >= 0.3 is 12.1 Å². The van der Waals surface area contributed by atoms with Gasteiger partial charge < -0.3 is 4.74 Å². The van der Waals surface area contributed by atoms with Gasteiger partial charge in [-0.1, -0.05) is 0 Å². The third-order valence-corrected chi connectivity index (χ3v) is 1.44. The van der Waals surface area contributed by atoms with Gasteiger partial charge in [0.1, 0.15) is 12.0 Å². The van der Waals surface area contributed by atoms with Crippen LogP contribution in [0.3, 0.4) is 0 Å². The second kappa shape index (κ2) is 4.24. The molecule has 82 valence electrons. The topological polar surface area (TPSA) is 52.1 Å². The summed E-state index contributed by atoms with van der Waals surface area (Å²) in [6.07, 6.45) is -3.92. The van der Waals surface area contributed by atoms with Crippen LogP contribution in [-0.4, -0.2) is 22.5 Å². The fourth-order valence-corrected chi connectivity index (χ4v) is 0.829. The third-order valence-electron chi connectivity index (χ3n) is 1.44. The lowest BCUT2D eigenvalue weighted by Crippen LogP contribution is -2.13. The van der Waals surface area contributed by atoms with Crippen molar-refractivity contribution in [1.29, 1.82) is 0 Å². The number of rotatable bonds is 2. The minimum Gasteiger partial charge on any atom is -0.461 e. The van der Waals surface area contributed by atoms with Gasteiger partial charge in [-0.3, -0.25) is 0 Å². The van der Waals surface area contributed by atoms with E-state index in [-0.39, 0.29) is 6.61 Å². The first-order chi connectivity index (χ1) is 6.95. The van der Waals surface area contributed by atoms with Crippen molar-refractivity contribution in [2.45, 2.75) is 13.1 Å². The van der Waals surface area contributed by atoms with Crippen LogP contribution in [0.2, 0.25) is 0 Å². The van der Waals surface area contributed by atoms with Gasteiger partial charge in [0.15, 0.2) is 5.69 Å². The molecule has 0 bridgehead atoms. The van der Waals surface area contributed by atoms with Crippen molar-refractivity contribution in [2.75, 3.05) is 6.61 Å². The van der Waals surface area contributed by atoms with Gasteiger partial charge in [-0.05, 0) is 6.92 Å². The van der Waals surface area contributed by atoms with E-state index >= 15 is 0 Å². The monoisotopic (exact) mass is 220 g/mol. The number of esters is 1. The number of nitrogens with zero attached hydrogens (tertiary/aromatic N) is 2. The summed E-state index contributed by atoms with van der Waals surface area (Å²) >= 11 is 0.